The van der Waals surface area contributed by atoms with E-state index in [2.05, 4.69) is 10.6 Å². The van der Waals surface area contributed by atoms with Gasteiger partial charge in [0, 0.05) is 12.2 Å². The Morgan fingerprint density at radius 2 is 2.19 bits per heavy atom. The first kappa shape index (κ1) is 15.3. The zero-order chi connectivity index (χ0) is 15.7. The van der Waals surface area contributed by atoms with Crippen LogP contribution >= 0.6 is 0 Å². The highest BCUT2D eigenvalue weighted by atomic mass is 19.4. The first-order valence-electron chi connectivity index (χ1n) is 6.40. The van der Waals surface area contributed by atoms with Crippen LogP contribution in [0.2, 0.25) is 0 Å². The summed E-state index contributed by atoms with van der Waals surface area (Å²) < 4.78 is 38.6. The summed E-state index contributed by atoms with van der Waals surface area (Å²) in [6.45, 7) is 2.95. The Hall–Kier alpha value is -2.07. The molecule has 0 spiro atoms. The van der Waals surface area contributed by atoms with Crippen molar-refractivity contribution in [3.63, 3.8) is 0 Å². The molecule has 4 nitrogen and oxygen atoms in total. The number of nitrogens with zero attached hydrogens (tertiary/aromatic N) is 1. The molecule has 1 fully saturated rings. The van der Waals surface area contributed by atoms with E-state index in [9.17, 15) is 18.0 Å². The SMILES string of the molecule is CC1(C(=O)Nc2ccc(C#N)c(C(F)(F)F)c2)CCNC1. The number of rotatable bonds is 2. The molecule has 2 N–H and O–H groups in total. The molecule has 0 aliphatic carbocycles. The van der Waals surface area contributed by atoms with Crippen molar-refractivity contribution in [2.45, 2.75) is 19.5 Å². The summed E-state index contributed by atoms with van der Waals surface area (Å²) in [5.41, 5.74) is -2.10. The maximum Gasteiger partial charge on any atom is 0.417 e. The van der Waals surface area contributed by atoms with E-state index in [0.29, 0.717) is 19.5 Å². The molecular formula is C14H14F3N3O. The summed E-state index contributed by atoms with van der Waals surface area (Å²) in [4.78, 5) is 12.2. The molecule has 21 heavy (non-hydrogen) atoms. The molecular weight excluding hydrogens is 283 g/mol. The van der Waals surface area contributed by atoms with Crippen molar-refractivity contribution in [3.05, 3.63) is 29.3 Å². The van der Waals surface area contributed by atoms with Crippen molar-refractivity contribution in [1.29, 1.82) is 5.26 Å². The second-order valence-electron chi connectivity index (χ2n) is 5.31. The number of hydrogen-bond acceptors (Lipinski definition) is 3. The third-order valence-corrected chi connectivity index (χ3v) is 3.62. The lowest BCUT2D eigenvalue weighted by atomic mass is 9.88. The van der Waals surface area contributed by atoms with Crippen LogP contribution in [0.5, 0.6) is 0 Å². The van der Waals surface area contributed by atoms with E-state index >= 15 is 0 Å². The number of nitriles is 1. The van der Waals surface area contributed by atoms with Crippen LogP contribution in [0.15, 0.2) is 18.2 Å². The van der Waals surface area contributed by atoms with E-state index in [0.717, 1.165) is 12.1 Å². The van der Waals surface area contributed by atoms with Crippen LogP contribution in [0.1, 0.15) is 24.5 Å². The zero-order valence-corrected chi connectivity index (χ0v) is 11.3. The summed E-state index contributed by atoms with van der Waals surface area (Å²) in [6.07, 6.45) is -4.01. The Balaban J connectivity index is 2.26. The van der Waals surface area contributed by atoms with Crippen LogP contribution in [0.4, 0.5) is 18.9 Å². The monoisotopic (exact) mass is 297 g/mol. The molecule has 112 valence electrons. The number of amides is 1. The molecule has 1 aliphatic rings. The Labute approximate surface area is 119 Å². The average Bonchev–Trinajstić information content (AvgIpc) is 2.86. The first-order valence-corrected chi connectivity index (χ1v) is 6.40. The predicted molar refractivity (Wildman–Crippen MR) is 70.4 cm³/mol. The van der Waals surface area contributed by atoms with E-state index < -0.39 is 22.7 Å². The van der Waals surface area contributed by atoms with E-state index in [1.54, 1.807) is 6.92 Å². The molecule has 0 bridgehead atoms. The molecule has 0 aromatic heterocycles. The Morgan fingerprint density at radius 3 is 2.71 bits per heavy atom. The number of alkyl halides is 3. The van der Waals surface area contributed by atoms with Gasteiger partial charge >= 0.3 is 6.18 Å². The number of hydrogen-bond donors (Lipinski definition) is 2. The molecule has 1 atom stereocenters. The van der Waals surface area contributed by atoms with Gasteiger partial charge in [0.2, 0.25) is 5.91 Å². The lowest BCUT2D eigenvalue weighted by Crippen LogP contribution is -2.35. The van der Waals surface area contributed by atoms with Crippen molar-refractivity contribution < 1.29 is 18.0 Å². The molecule has 1 unspecified atom stereocenters. The van der Waals surface area contributed by atoms with Gasteiger partial charge in [-0.3, -0.25) is 4.79 Å². The lowest BCUT2D eigenvalue weighted by molar-refractivity contribution is -0.137. The highest BCUT2D eigenvalue weighted by Crippen LogP contribution is 2.34. The molecule has 2 rings (SSSR count). The maximum absolute atomic E-state index is 12.9. The number of benzene rings is 1. The second-order valence-corrected chi connectivity index (χ2v) is 5.31. The molecule has 1 heterocycles. The number of nitrogens with one attached hydrogen (secondary N) is 2. The van der Waals surface area contributed by atoms with Gasteiger partial charge < -0.3 is 10.6 Å². The summed E-state index contributed by atoms with van der Waals surface area (Å²) in [5.74, 6) is -0.328. The largest absolute Gasteiger partial charge is 0.417 e. The summed E-state index contributed by atoms with van der Waals surface area (Å²) >= 11 is 0. The molecule has 0 saturated carbocycles. The van der Waals surface area contributed by atoms with Crippen LogP contribution in [0, 0.1) is 16.7 Å². The van der Waals surface area contributed by atoms with Gasteiger partial charge in [-0.1, -0.05) is 0 Å². The molecule has 0 radical (unpaired) electrons. The van der Waals surface area contributed by atoms with Crippen molar-refractivity contribution in [2.75, 3.05) is 18.4 Å². The van der Waals surface area contributed by atoms with Crippen LogP contribution in [-0.2, 0) is 11.0 Å². The highest BCUT2D eigenvalue weighted by molar-refractivity contribution is 5.95. The minimum atomic E-state index is -4.63. The van der Waals surface area contributed by atoms with Gasteiger partial charge in [-0.15, -0.1) is 0 Å². The van der Waals surface area contributed by atoms with Crippen molar-refractivity contribution >= 4 is 11.6 Å². The highest BCUT2D eigenvalue weighted by Gasteiger charge is 2.37. The van der Waals surface area contributed by atoms with Crippen molar-refractivity contribution in [3.8, 4) is 6.07 Å². The molecule has 1 amide bonds. The van der Waals surface area contributed by atoms with Gasteiger partial charge in [-0.25, -0.2) is 0 Å². The summed E-state index contributed by atoms with van der Waals surface area (Å²) in [7, 11) is 0. The minimum absolute atomic E-state index is 0.0412. The van der Waals surface area contributed by atoms with Gasteiger partial charge in [-0.05, 0) is 38.1 Å². The molecule has 7 heteroatoms. The van der Waals surface area contributed by atoms with Gasteiger partial charge in [0.05, 0.1) is 22.6 Å². The smallest absolute Gasteiger partial charge is 0.326 e. The van der Waals surface area contributed by atoms with E-state index in [1.807, 2.05) is 0 Å². The van der Waals surface area contributed by atoms with E-state index in [4.69, 9.17) is 5.26 Å². The van der Waals surface area contributed by atoms with Crippen molar-refractivity contribution in [2.24, 2.45) is 5.41 Å². The normalized spacial score (nSPS) is 21.9. The maximum atomic E-state index is 12.9. The standard InChI is InChI=1S/C14H14F3N3O/c1-13(4-5-19-8-13)12(21)20-10-3-2-9(7-18)11(6-10)14(15,16)17/h2-3,6,19H,4-5,8H2,1H3,(H,20,21). The fourth-order valence-corrected chi connectivity index (χ4v) is 2.25. The van der Waals surface area contributed by atoms with Crippen molar-refractivity contribution in [1.82, 2.24) is 5.32 Å². The summed E-state index contributed by atoms with van der Waals surface area (Å²) in [5, 5.41) is 14.3. The van der Waals surface area contributed by atoms with Gasteiger partial charge in [-0.2, -0.15) is 18.4 Å². The van der Waals surface area contributed by atoms with Crippen LogP contribution in [0.3, 0.4) is 0 Å². The minimum Gasteiger partial charge on any atom is -0.326 e. The van der Waals surface area contributed by atoms with Gasteiger partial charge in [0.1, 0.15) is 0 Å². The second kappa shape index (κ2) is 5.37. The lowest BCUT2D eigenvalue weighted by Gasteiger charge is -2.22. The van der Waals surface area contributed by atoms with Crippen LogP contribution in [-0.4, -0.2) is 19.0 Å². The Kier molecular flexibility index (Phi) is 3.92. The molecule has 1 aromatic carbocycles. The number of anilines is 1. The molecule has 1 aromatic rings. The fraction of sp³-hybridized carbons (Fsp3) is 0.429. The van der Waals surface area contributed by atoms with Crippen LogP contribution in [0.25, 0.3) is 0 Å². The topological polar surface area (TPSA) is 64.9 Å². The van der Waals surface area contributed by atoms with Crippen LogP contribution < -0.4 is 10.6 Å². The van der Waals surface area contributed by atoms with E-state index in [1.165, 1.54) is 12.1 Å². The quantitative estimate of drug-likeness (QED) is 0.881. The number of carbonyl (C=O) groups excluding carboxylic acids is 1. The van der Waals surface area contributed by atoms with Gasteiger partial charge in [0.15, 0.2) is 0 Å². The van der Waals surface area contributed by atoms with E-state index in [-0.39, 0.29) is 11.6 Å². The van der Waals surface area contributed by atoms with Gasteiger partial charge in [0.25, 0.3) is 0 Å². The molecule has 1 aliphatic heterocycles. The third kappa shape index (κ3) is 3.16. The molecule has 1 saturated heterocycles. The third-order valence-electron chi connectivity index (χ3n) is 3.62. The number of carbonyl (C=O) groups is 1. The fourth-order valence-electron chi connectivity index (χ4n) is 2.25. The summed E-state index contributed by atoms with van der Waals surface area (Å²) in [6, 6.07) is 4.66. The Bertz CT molecular complexity index is 598. The number of halogens is 3. The zero-order valence-electron chi connectivity index (χ0n) is 11.3. The average molecular weight is 297 g/mol. The Morgan fingerprint density at radius 1 is 1.48 bits per heavy atom. The first-order chi connectivity index (χ1) is 9.76. The predicted octanol–water partition coefficient (Wildman–Crippen LogP) is 2.52.